The van der Waals surface area contributed by atoms with Gasteiger partial charge in [0.2, 0.25) is 0 Å². The Balaban J connectivity index is 1.43. The van der Waals surface area contributed by atoms with E-state index in [-0.39, 0.29) is 30.2 Å². The van der Waals surface area contributed by atoms with Crippen LogP contribution >= 0.6 is 11.8 Å². The molecule has 4 rings (SSSR count). The van der Waals surface area contributed by atoms with Gasteiger partial charge in [-0.05, 0) is 61.6 Å². The number of carbonyl (C=O) groups excluding carboxylic acids is 3. The number of aryl methyl sites for hydroxylation is 2. The minimum Gasteiger partial charge on any atom is -0.467 e. The Kier molecular flexibility index (Phi) is 6.84. The lowest BCUT2D eigenvalue weighted by molar-refractivity contribution is -0.141. The smallest absolute Gasteiger partial charge is 0.338 e. The van der Waals surface area contributed by atoms with Crippen molar-refractivity contribution in [3.8, 4) is 0 Å². The third-order valence-corrected chi connectivity index (χ3v) is 6.25. The minimum absolute atomic E-state index is 0.120. The fraction of sp³-hybridized carbons (Fsp3) is 0.348. The first-order chi connectivity index (χ1) is 15.5. The van der Waals surface area contributed by atoms with Crippen molar-refractivity contribution >= 4 is 29.7 Å². The topological polar surface area (TPSA) is 107 Å². The van der Waals surface area contributed by atoms with Gasteiger partial charge in [0.15, 0.2) is 0 Å². The zero-order chi connectivity index (χ0) is 22.5. The molecule has 1 aliphatic carbocycles. The maximum absolute atomic E-state index is 12.6. The first-order valence-corrected chi connectivity index (χ1v) is 11.4. The molecule has 0 fully saturated rings. The van der Waals surface area contributed by atoms with Crippen LogP contribution in [0.4, 0.5) is 4.79 Å². The van der Waals surface area contributed by atoms with Gasteiger partial charge < -0.3 is 24.5 Å². The van der Waals surface area contributed by atoms with Crippen molar-refractivity contribution in [3.05, 3.63) is 64.8 Å². The van der Waals surface area contributed by atoms with E-state index >= 15 is 0 Å². The third-order valence-electron chi connectivity index (χ3n) is 5.28. The summed E-state index contributed by atoms with van der Waals surface area (Å²) < 4.78 is 15.9. The summed E-state index contributed by atoms with van der Waals surface area (Å²) in [4.78, 5) is 38.1. The Morgan fingerprint density at radius 3 is 2.81 bits per heavy atom. The van der Waals surface area contributed by atoms with Crippen LogP contribution in [0, 0.1) is 0 Å². The number of esters is 2. The van der Waals surface area contributed by atoms with Crippen LogP contribution in [-0.4, -0.2) is 36.9 Å². The van der Waals surface area contributed by atoms with Crippen molar-refractivity contribution in [1.29, 1.82) is 0 Å². The van der Waals surface area contributed by atoms with Crippen molar-refractivity contribution in [3.63, 3.8) is 0 Å². The molecule has 2 heterocycles. The lowest BCUT2D eigenvalue weighted by atomic mass is 10.0. The standard InChI is InChI=1S/C23H24N2O6S/c1-2-29-22(27)20-17(24-23(28)25-21(20)18-7-4-10-30-18)12-31-19(26)13-32-16-9-8-14-5-3-6-15(14)11-16/h4,7-11,21H,2-3,5-6,12-13H2,1H3,(H2,24,25,28). The van der Waals surface area contributed by atoms with E-state index in [0.717, 1.165) is 17.7 Å². The number of rotatable bonds is 8. The largest absolute Gasteiger partial charge is 0.467 e. The van der Waals surface area contributed by atoms with Crippen LogP contribution in [0.3, 0.4) is 0 Å². The number of ether oxygens (including phenoxy) is 2. The molecule has 1 unspecified atom stereocenters. The average Bonchev–Trinajstić information content (AvgIpc) is 3.47. The summed E-state index contributed by atoms with van der Waals surface area (Å²) in [5, 5.41) is 5.20. The molecule has 2 amide bonds. The number of furan rings is 1. The Labute approximate surface area is 189 Å². The van der Waals surface area contributed by atoms with E-state index in [2.05, 4.69) is 22.8 Å². The number of fused-ring (bicyclic) bond motifs is 1. The number of amides is 2. The molecular formula is C23H24N2O6S. The minimum atomic E-state index is -0.840. The Bertz CT molecular complexity index is 1050. The highest BCUT2D eigenvalue weighted by molar-refractivity contribution is 8.00. The third kappa shape index (κ3) is 4.99. The van der Waals surface area contributed by atoms with E-state index in [1.54, 1.807) is 19.1 Å². The van der Waals surface area contributed by atoms with E-state index in [1.807, 2.05) is 6.07 Å². The van der Waals surface area contributed by atoms with Crippen LogP contribution in [0.15, 0.2) is 57.2 Å². The predicted octanol–water partition coefficient (Wildman–Crippen LogP) is 3.27. The molecule has 168 valence electrons. The van der Waals surface area contributed by atoms with E-state index in [1.165, 1.54) is 35.6 Å². The molecule has 0 spiro atoms. The van der Waals surface area contributed by atoms with Crippen molar-refractivity contribution in [2.75, 3.05) is 19.0 Å². The number of hydrogen-bond acceptors (Lipinski definition) is 7. The molecule has 0 radical (unpaired) electrons. The maximum atomic E-state index is 12.6. The molecule has 1 atom stereocenters. The molecule has 1 aliphatic heterocycles. The van der Waals surface area contributed by atoms with Gasteiger partial charge in [0.1, 0.15) is 18.4 Å². The molecule has 2 aromatic rings. The normalized spacial score (nSPS) is 17.4. The van der Waals surface area contributed by atoms with E-state index in [0.29, 0.717) is 5.76 Å². The fourth-order valence-corrected chi connectivity index (χ4v) is 4.58. The van der Waals surface area contributed by atoms with Gasteiger partial charge in [0, 0.05) is 4.90 Å². The quantitative estimate of drug-likeness (QED) is 0.464. The summed E-state index contributed by atoms with van der Waals surface area (Å²) in [6.45, 7) is 1.58. The monoisotopic (exact) mass is 456 g/mol. The number of nitrogens with one attached hydrogen (secondary N) is 2. The average molecular weight is 457 g/mol. The Morgan fingerprint density at radius 1 is 1.19 bits per heavy atom. The van der Waals surface area contributed by atoms with Crippen LogP contribution in [0.25, 0.3) is 0 Å². The Hall–Kier alpha value is -3.20. The van der Waals surface area contributed by atoms with Crippen LogP contribution in [0.2, 0.25) is 0 Å². The molecule has 1 aromatic heterocycles. The zero-order valence-corrected chi connectivity index (χ0v) is 18.5. The van der Waals surface area contributed by atoms with Gasteiger partial charge in [-0.1, -0.05) is 6.07 Å². The summed E-state index contributed by atoms with van der Waals surface area (Å²) >= 11 is 1.40. The summed E-state index contributed by atoms with van der Waals surface area (Å²) in [6.07, 6.45) is 4.80. The molecule has 32 heavy (non-hydrogen) atoms. The SMILES string of the molecule is CCOC(=O)C1=C(COC(=O)CSc2ccc3c(c2)CCC3)NC(=O)NC1c1ccco1. The highest BCUT2D eigenvalue weighted by Gasteiger charge is 2.35. The first kappa shape index (κ1) is 22.0. The number of hydrogen-bond donors (Lipinski definition) is 2. The van der Waals surface area contributed by atoms with Crippen LogP contribution in [0.5, 0.6) is 0 Å². The highest BCUT2D eigenvalue weighted by Crippen LogP contribution is 2.29. The summed E-state index contributed by atoms with van der Waals surface area (Å²) in [6, 6.07) is 8.19. The Morgan fingerprint density at radius 2 is 2.03 bits per heavy atom. The van der Waals surface area contributed by atoms with Crippen molar-refractivity contribution < 1.29 is 28.3 Å². The van der Waals surface area contributed by atoms with Crippen LogP contribution in [0.1, 0.15) is 36.3 Å². The molecule has 2 N–H and O–H groups in total. The van der Waals surface area contributed by atoms with E-state index < -0.39 is 24.0 Å². The van der Waals surface area contributed by atoms with Gasteiger partial charge in [0.25, 0.3) is 0 Å². The second-order valence-corrected chi connectivity index (χ2v) is 8.44. The lowest BCUT2D eigenvalue weighted by Crippen LogP contribution is -2.47. The highest BCUT2D eigenvalue weighted by atomic mass is 32.2. The maximum Gasteiger partial charge on any atom is 0.338 e. The van der Waals surface area contributed by atoms with E-state index in [9.17, 15) is 14.4 Å². The number of benzene rings is 1. The lowest BCUT2D eigenvalue weighted by Gasteiger charge is -2.27. The van der Waals surface area contributed by atoms with Gasteiger partial charge in [-0.15, -0.1) is 11.8 Å². The van der Waals surface area contributed by atoms with E-state index in [4.69, 9.17) is 13.9 Å². The zero-order valence-electron chi connectivity index (χ0n) is 17.6. The molecule has 8 nitrogen and oxygen atoms in total. The summed E-state index contributed by atoms with van der Waals surface area (Å²) in [5.74, 6) is -0.582. The first-order valence-electron chi connectivity index (χ1n) is 10.5. The summed E-state index contributed by atoms with van der Waals surface area (Å²) in [7, 11) is 0. The van der Waals surface area contributed by atoms with Crippen LogP contribution < -0.4 is 10.6 Å². The van der Waals surface area contributed by atoms with Crippen molar-refractivity contribution in [1.82, 2.24) is 10.6 Å². The number of thioether (sulfide) groups is 1. The molecular weight excluding hydrogens is 432 g/mol. The second-order valence-electron chi connectivity index (χ2n) is 7.39. The molecule has 0 saturated heterocycles. The molecule has 2 aliphatic rings. The van der Waals surface area contributed by atoms with Gasteiger partial charge >= 0.3 is 18.0 Å². The molecule has 0 bridgehead atoms. The van der Waals surface area contributed by atoms with Gasteiger partial charge in [-0.25, -0.2) is 9.59 Å². The van der Waals surface area contributed by atoms with Crippen molar-refractivity contribution in [2.45, 2.75) is 37.1 Å². The van der Waals surface area contributed by atoms with Crippen LogP contribution in [-0.2, 0) is 31.9 Å². The number of carbonyl (C=O) groups is 3. The van der Waals surface area contributed by atoms with Crippen molar-refractivity contribution in [2.24, 2.45) is 0 Å². The van der Waals surface area contributed by atoms with Gasteiger partial charge in [0.05, 0.1) is 29.9 Å². The molecule has 9 heteroatoms. The van der Waals surface area contributed by atoms with Gasteiger partial charge in [-0.3, -0.25) is 4.79 Å². The molecule has 0 saturated carbocycles. The summed E-state index contributed by atoms with van der Waals surface area (Å²) in [5.41, 5.74) is 3.03. The molecule has 1 aromatic carbocycles. The predicted molar refractivity (Wildman–Crippen MR) is 117 cm³/mol. The number of urea groups is 1. The second kappa shape index (κ2) is 9.95. The fourth-order valence-electron chi connectivity index (χ4n) is 3.83. The van der Waals surface area contributed by atoms with Gasteiger partial charge in [-0.2, -0.15) is 0 Å².